The topological polar surface area (TPSA) is 67.6 Å². The van der Waals surface area contributed by atoms with E-state index in [1.54, 1.807) is 6.20 Å². The molecule has 0 amide bonds. The smallest absolute Gasteiger partial charge is 0.181 e. The predicted molar refractivity (Wildman–Crippen MR) is 70.7 cm³/mol. The molecule has 92 valence electrons. The molecule has 0 saturated heterocycles. The number of rotatable bonds is 2. The number of oxazole rings is 1. The fraction of sp³-hybridized carbons (Fsp3) is 0.0714. The van der Waals surface area contributed by atoms with Crippen LogP contribution in [0.25, 0.3) is 22.3 Å². The van der Waals surface area contributed by atoms with Crippen molar-refractivity contribution in [2.24, 2.45) is 0 Å². The van der Waals surface area contributed by atoms with Gasteiger partial charge in [-0.2, -0.15) is 0 Å². The van der Waals surface area contributed by atoms with Crippen molar-refractivity contribution in [2.75, 3.05) is 0 Å². The van der Waals surface area contributed by atoms with Gasteiger partial charge in [0.15, 0.2) is 17.6 Å². The van der Waals surface area contributed by atoms with Crippen molar-refractivity contribution in [1.29, 1.82) is 0 Å². The quantitative estimate of drug-likeness (QED) is 0.594. The molecule has 0 atom stereocenters. The summed E-state index contributed by atoms with van der Waals surface area (Å²) < 4.78 is 5.30. The Labute approximate surface area is 108 Å². The van der Waals surface area contributed by atoms with E-state index in [-0.39, 0.29) is 0 Å². The Kier molecular flexibility index (Phi) is 2.11. The van der Waals surface area contributed by atoms with Crippen LogP contribution in [0.3, 0.4) is 0 Å². The van der Waals surface area contributed by atoms with E-state index in [1.165, 1.54) is 6.39 Å². The van der Waals surface area contributed by atoms with Crippen molar-refractivity contribution < 1.29 is 4.42 Å². The van der Waals surface area contributed by atoms with E-state index in [2.05, 4.69) is 19.9 Å². The van der Waals surface area contributed by atoms with Gasteiger partial charge in [-0.3, -0.25) is 0 Å². The maximum Gasteiger partial charge on any atom is 0.181 e. The van der Waals surface area contributed by atoms with Crippen LogP contribution in [-0.4, -0.2) is 19.9 Å². The molecule has 5 nitrogen and oxygen atoms in total. The summed E-state index contributed by atoms with van der Waals surface area (Å²) in [7, 11) is 0. The number of fused-ring (bicyclic) bond motifs is 2. The molecule has 4 rings (SSSR count). The van der Waals surface area contributed by atoms with Gasteiger partial charge in [-0.05, 0) is 29.8 Å². The third-order valence-corrected chi connectivity index (χ3v) is 3.07. The van der Waals surface area contributed by atoms with Crippen molar-refractivity contribution in [3.05, 3.63) is 54.3 Å². The van der Waals surface area contributed by atoms with E-state index in [0.717, 1.165) is 33.7 Å². The molecular formula is C14H10N4O. The zero-order valence-electron chi connectivity index (χ0n) is 10.00. The highest BCUT2D eigenvalue weighted by molar-refractivity contribution is 5.73. The summed E-state index contributed by atoms with van der Waals surface area (Å²) in [6, 6.07) is 9.84. The zero-order valence-corrected chi connectivity index (χ0v) is 10.00. The summed E-state index contributed by atoms with van der Waals surface area (Å²) >= 11 is 0. The average molecular weight is 250 g/mol. The van der Waals surface area contributed by atoms with Crippen molar-refractivity contribution in [3.8, 4) is 0 Å². The first-order chi connectivity index (χ1) is 9.38. The lowest BCUT2D eigenvalue weighted by Crippen LogP contribution is -1.90. The van der Waals surface area contributed by atoms with Gasteiger partial charge >= 0.3 is 0 Å². The number of nitrogens with zero attached hydrogens (tertiary/aromatic N) is 3. The number of nitrogens with one attached hydrogen (secondary N) is 1. The van der Waals surface area contributed by atoms with Crippen LogP contribution >= 0.6 is 0 Å². The van der Waals surface area contributed by atoms with Crippen LogP contribution in [0.5, 0.6) is 0 Å². The molecule has 0 spiro atoms. The van der Waals surface area contributed by atoms with E-state index < -0.39 is 0 Å². The second-order valence-electron chi connectivity index (χ2n) is 4.39. The Balaban J connectivity index is 1.72. The average Bonchev–Trinajstić information content (AvgIpc) is 3.03. The number of pyridine rings is 1. The highest BCUT2D eigenvalue weighted by atomic mass is 16.3. The molecule has 0 saturated carbocycles. The highest BCUT2D eigenvalue weighted by Crippen LogP contribution is 2.17. The highest BCUT2D eigenvalue weighted by Gasteiger charge is 2.06. The normalized spacial score (nSPS) is 11.4. The van der Waals surface area contributed by atoms with E-state index in [9.17, 15) is 0 Å². The third kappa shape index (κ3) is 1.76. The number of H-pyrrole nitrogens is 1. The molecule has 0 aliphatic heterocycles. The molecular weight excluding hydrogens is 240 g/mol. The Morgan fingerprint density at radius 3 is 3.11 bits per heavy atom. The number of aromatic amines is 1. The fourth-order valence-electron chi connectivity index (χ4n) is 2.18. The molecule has 1 N–H and O–H groups in total. The Hall–Kier alpha value is -2.69. The van der Waals surface area contributed by atoms with Gasteiger partial charge in [0.05, 0.1) is 5.52 Å². The molecule has 0 fully saturated rings. The Bertz CT molecular complexity index is 829. The fourth-order valence-corrected chi connectivity index (χ4v) is 2.18. The van der Waals surface area contributed by atoms with Crippen LogP contribution in [0.1, 0.15) is 11.4 Å². The molecule has 3 heterocycles. The van der Waals surface area contributed by atoms with Crippen LogP contribution in [0.2, 0.25) is 0 Å². The molecule has 5 heteroatoms. The van der Waals surface area contributed by atoms with Gasteiger partial charge in [-0.25, -0.2) is 15.0 Å². The van der Waals surface area contributed by atoms with E-state index in [0.29, 0.717) is 6.42 Å². The van der Waals surface area contributed by atoms with Gasteiger partial charge in [-0.15, -0.1) is 0 Å². The Morgan fingerprint density at radius 2 is 2.16 bits per heavy atom. The number of hydrogen-bond donors (Lipinski definition) is 1. The van der Waals surface area contributed by atoms with Crippen molar-refractivity contribution in [3.63, 3.8) is 0 Å². The van der Waals surface area contributed by atoms with Gasteiger partial charge < -0.3 is 9.40 Å². The second-order valence-corrected chi connectivity index (χ2v) is 4.39. The molecule has 0 unspecified atom stereocenters. The Morgan fingerprint density at radius 1 is 1.16 bits per heavy atom. The van der Waals surface area contributed by atoms with Crippen LogP contribution < -0.4 is 0 Å². The number of aromatic nitrogens is 4. The summed E-state index contributed by atoms with van der Waals surface area (Å²) in [6.07, 6.45) is 3.92. The maximum absolute atomic E-state index is 5.30. The third-order valence-electron chi connectivity index (χ3n) is 3.07. The molecule has 19 heavy (non-hydrogen) atoms. The molecule has 0 aliphatic rings. The minimum Gasteiger partial charge on any atom is -0.443 e. The molecule has 1 aromatic carbocycles. The van der Waals surface area contributed by atoms with Gasteiger partial charge in [0.1, 0.15) is 11.3 Å². The lowest BCUT2D eigenvalue weighted by Gasteiger charge is -1.97. The predicted octanol–water partition coefficient (Wildman–Crippen LogP) is 2.69. The van der Waals surface area contributed by atoms with Crippen molar-refractivity contribution in [1.82, 2.24) is 19.9 Å². The maximum atomic E-state index is 5.30. The molecule has 4 aromatic rings. The van der Waals surface area contributed by atoms with Crippen LogP contribution in [0.4, 0.5) is 0 Å². The summed E-state index contributed by atoms with van der Waals surface area (Å²) in [5.74, 6) is 0.896. The molecule has 0 bridgehead atoms. The number of imidazole rings is 1. The van der Waals surface area contributed by atoms with Gasteiger partial charge in [0.25, 0.3) is 0 Å². The van der Waals surface area contributed by atoms with Gasteiger partial charge in [-0.1, -0.05) is 6.07 Å². The first-order valence-electron chi connectivity index (χ1n) is 6.00. The van der Waals surface area contributed by atoms with E-state index >= 15 is 0 Å². The SMILES string of the molecule is c1cnc2nc(Cc3ccc4ncoc4c3)[nH]c2c1. The lowest BCUT2D eigenvalue weighted by atomic mass is 10.1. The summed E-state index contributed by atoms with van der Waals surface area (Å²) in [6.45, 7) is 0. The van der Waals surface area contributed by atoms with E-state index in [1.807, 2.05) is 30.3 Å². The van der Waals surface area contributed by atoms with Crippen LogP contribution in [0, 0.1) is 0 Å². The first-order valence-corrected chi connectivity index (χ1v) is 6.00. The minimum absolute atomic E-state index is 0.715. The summed E-state index contributed by atoms with van der Waals surface area (Å²) in [5, 5.41) is 0. The van der Waals surface area contributed by atoms with Crippen LogP contribution in [0.15, 0.2) is 47.3 Å². The minimum atomic E-state index is 0.715. The summed E-state index contributed by atoms with van der Waals surface area (Å²) in [5.41, 5.74) is 4.50. The molecule has 3 aromatic heterocycles. The molecule has 0 aliphatic carbocycles. The largest absolute Gasteiger partial charge is 0.443 e. The van der Waals surface area contributed by atoms with Gasteiger partial charge in [0.2, 0.25) is 0 Å². The monoisotopic (exact) mass is 250 g/mol. The standard InChI is InChI=1S/C14H10N4O/c1-2-11-14(15-5-1)18-13(17-11)7-9-3-4-10-12(6-9)19-8-16-10/h1-6,8H,7H2,(H,15,17,18). The van der Waals surface area contributed by atoms with Crippen molar-refractivity contribution >= 4 is 22.3 Å². The lowest BCUT2D eigenvalue weighted by molar-refractivity contribution is 0.602. The van der Waals surface area contributed by atoms with Gasteiger partial charge in [0, 0.05) is 12.6 Å². The second kappa shape index (κ2) is 3.91. The zero-order chi connectivity index (χ0) is 12.7. The van der Waals surface area contributed by atoms with E-state index in [4.69, 9.17) is 4.42 Å². The first kappa shape index (κ1) is 10.3. The summed E-state index contributed by atoms with van der Waals surface area (Å²) in [4.78, 5) is 16.0. The van der Waals surface area contributed by atoms with Crippen molar-refractivity contribution in [2.45, 2.75) is 6.42 Å². The number of hydrogen-bond acceptors (Lipinski definition) is 4. The van der Waals surface area contributed by atoms with Crippen LogP contribution in [-0.2, 0) is 6.42 Å². The molecule has 0 radical (unpaired) electrons. The number of benzene rings is 1.